The largest absolute Gasteiger partial charge is 0.466 e. The van der Waals surface area contributed by atoms with Crippen LogP contribution < -0.4 is 10.2 Å². The predicted molar refractivity (Wildman–Crippen MR) is 103 cm³/mol. The summed E-state index contributed by atoms with van der Waals surface area (Å²) in [5.41, 5.74) is 2.57. The van der Waals surface area contributed by atoms with Gasteiger partial charge < -0.3 is 14.6 Å². The van der Waals surface area contributed by atoms with Crippen molar-refractivity contribution in [2.75, 3.05) is 18.0 Å². The summed E-state index contributed by atoms with van der Waals surface area (Å²) >= 11 is 0. The van der Waals surface area contributed by atoms with Gasteiger partial charge in [-0.15, -0.1) is 0 Å². The topological polar surface area (TPSA) is 58.4 Å². The number of nitrogens with one attached hydrogen (secondary N) is 1. The number of hydrogen-bond acceptors (Lipinski definition) is 4. The van der Waals surface area contributed by atoms with Crippen LogP contribution in [0.1, 0.15) is 40.3 Å². The van der Waals surface area contributed by atoms with Gasteiger partial charge in [0.1, 0.15) is 17.3 Å². The quantitative estimate of drug-likeness (QED) is 0.774. The lowest BCUT2D eigenvalue weighted by Gasteiger charge is -2.20. The molecule has 2 aromatic heterocycles. The van der Waals surface area contributed by atoms with Gasteiger partial charge in [-0.25, -0.2) is 4.98 Å². The summed E-state index contributed by atoms with van der Waals surface area (Å²) in [5.74, 6) is 2.40. The number of rotatable bonds is 4. The number of fused-ring (bicyclic) bond motifs is 1. The Kier molecular flexibility index (Phi) is 4.37. The van der Waals surface area contributed by atoms with Crippen LogP contribution in [0, 0.1) is 13.8 Å². The number of benzene rings is 1. The van der Waals surface area contributed by atoms with Crippen molar-refractivity contribution in [1.29, 1.82) is 0 Å². The average molecular weight is 349 g/mol. The molecule has 5 heteroatoms. The Morgan fingerprint density at radius 2 is 1.96 bits per heavy atom. The van der Waals surface area contributed by atoms with Gasteiger partial charge >= 0.3 is 0 Å². The molecule has 0 bridgehead atoms. The van der Waals surface area contributed by atoms with Gasteiger partial charge in [0.25, 0.3) is 5.91 Å². The van der Waals surface area contributed by atoms with Crippen LogP contribution >= 0.6 is 0 Å². The molecule has 0 unspecified atom stereocenters. The summed E-state index contributed by atoms with van der Waals surface area (Å²) in [4.78, 5) is 20.0. The van der Waals surface area contributed by atoms with Crippen LogP contribution in [-0.4, -0.2) is 24.0 Å². The van der Waals surface area contributed by atoms with Gasteiger partial charge in [0.2, 0.25) is 0 Å². The standard InChI is InChI=1S/C21H23N3O2/c1-14-11-17(15(2)26-14)13-22-21(25)18-12-16-7-3-4-8-19(16)23-20(18)24-9-5-6-10-24/h3-4,7-8,11-12H,5-6,9-10,13H2,1-2H3,(H,22,25). The smallest absolute Gasteiger partial charge is 0.255 e. The zero-order valence-corrected chi connectivity index (χ0v) is 15.2. The molecule has 0 saturated carbocycles. The van der Waals surface area contributed by atoms with Crippen LogP contribution in [-0.2, 0) is 6.54 Å². The highest BCUT2D eigenvalue weighted by Gasteiger charge is 2.22. The molecule has 1 aromatic carbocycles. The van der Waals surface area contributed by atoms with Crippen molar-refractivity contribution in [1.82, 2.24) is 10.3 Å². The Bertz CT molecular complexity index is 955. The van der Waals surface area contributed by atoms with Gasteiger partial charge in [-0.3, -0.25) is 4.79 Å². The predicted octanol–water partition coefficient (Wildman–Crippen LogP) is 3.97. The number of nitrogens with zero attached hydrogens (tertiary/aromatic N) is 2. The Morgan fingerprint density at radius 3 is 2.69 bits per heavy atom. The second kappa shape index (κ2) is 6.83. The first-order valence-corrected chi connectivity index (χ1v) is 9.10. The maximum absolute atomic E-state index is 12.9. The molecule has 3 aromatic rings. The minimum atomic E-state index is -0.0941. The van der Waals surface area contributed by atoms with E-state index in [0.717, 1.165) is 59.7 Å². The summed E-state index contributed by atoms with van der Waals surface area (Å²) in [7, 11) is 0. The fourth-order valence-electron chi connectivity index (χ4n) is 3.57. The van der Waals surface area contributed by atoms with Crippen LogP contribution in [0.4, 0.5) is 5.82 Å². The van der Waals surface area contributed by atoms with Crippen molar-refractivity contribution in [2.45, 2.75) is 33.2 Å². The molecular weight excluding hydrogens is 326 g/mol. The van der Waals surface area contributed by atoms with Crippen LogP contribution in [0.3, 0.4) is 0 Å². The first kappa shape index (κ1) is 16.6. The van der Waals surface area contributed by atoms with Gasteiger partial charge in [-0.1, -0.05) is 18.2 Å². The van der Waals surface area contributed by atoms with Crippen molar-refractivity contribution < 1.29 is 9.21 Å². The summed E-state index contributed by atoms with van der Waals surface area (Å²) in [6.45, 7) is 6.18. The lowest BCUT2D eigenvalue weighted by atomic mass is 10.1. The fraction of sp³-hybridized carbons (Fsp3) is 0.333. The van der Waals surface area contributed by atoms with Crippen molar-refractivity contribution >= 4 is 22.6 Å². The van der Waals surface area contributed by atoms with Crippen molar-refractivity contribution in [3.8, 4) is 0 Å². The molecule has 3 heterocycles. The minimum absolute atomic E-state index is 0.0941. The molecule has 4 rings (SSSR count). The van der Waals surface area contributed by atoms with Gasteiger partial charge in [-0.05, 0) is 44.9 Å². The SMILES string of the molecule is Cc1cc(CNC(=O)c2cc3ccccc3nc2N2CCCC2)c(C)o1. The highest BCUT2D eigenvalue weighted by molar-refractivity contribution is 6.02. The summed E-state index contributed by atoms with van der Waals surface area (Å²) < 4.78 is 5.54. The number of carbonyl (C=O) groups excluding carboxylic acids is 1. The molecule has 1 fully saturated rings. The summed E-state index contributed by atoms with van der Waals surface area (Å²) in [6, 6.07) is 11.9. The number of pyridine rings is 1. The lowest BCUT2D eigenvalue weighted by molar-refractivity contribution is 0.0951. The molecule has 1 saturated heterocycles. The molecule has 5 nitrogen and oxygen atoms in total. The van der Waals surface area contributed by atoms with E-state index in [1.807, 2.05) is 50.2 Å². The van der Waals surface area contributed by atoms with Crippen molar-refractivity contribution in [2.24, 2.45) is 0 Å². The van der Waals surface area contributed by atoms with E-state index in [0.29, 0.717) is 12.1 Å². The number of anilines is 1. The molecule has 26 heavy (non-hydrogen) atoms. The van der Waals surface area contributed by atoms with E-state index in [2.05, 4.69) is 10.2 Å². The molecule has 0 atom stereocenters. The van der Waals surface area contributed by atoms with Crippen LogP contribution in [0.2, 0.25) is 0 Å². The summed E-state index contributed by atoms with van der Waals surface area (Å²) in [6.07, 6.45) is 2.28. The number of aromatic nitrogens is 1. The van der Waals surface area contributed by atoms with Crippen molar-refractivity contribution in [3.63, 3.8) is 0 Å². The van der Waals surface area contributed by atoms with E-state index in [4.69, 9.17) is 9.40 Å². The Labute approximate surface area is 153 Å². The van der Waals surface area contributed by atoms with E-state index in [1.54, 1.807) is 0 Å². The van der Waals surface area contributed by atoms with E-state index in [1.165, 1.54) is 0 Å². The first-order valence-electron chi connectivity index (χ1n) is 9.10. The molecule has 0 radical (unpaired) electrons. The number of hydrogen-bond donors (Lipinski definition) is 1. The van der Waals surface area contributed by atoms with Gasteiger partial charge in [0.05, 0.1) is 11.1 Å². The maximum atomic E-state index is 12.9. The third kappa shape index (κ3) is 3.17. The van der Waals surface area contributed by atoms with Crippen LogP contribution in [0.5, 0.6) is 0 Å². The number of para-hydroxylation sites is 1. The van der Waals surface area contributed by atoms with Gasteiger partial charge in [0, 0.05) is 30.6 Å². The average Bonchev–Trinajstić information content (AvgIpc) is 3.28. The molecule has 1 aliphatic heterocycles. The highest BCUT2D eigenvalue weighted by atomic mass is 16.3. The number of aryl methyl sites for hydroxylation is 2. The van der Waals surface area contributed by atoms with E-state index in [9.17, 15) is 4.79 Å². The highest BCUT2D eigenvalue weighted by Crippen LogP contribution is 2.26. The molecule has 1 N–H and O–H groups in total. The molecular formula is C21H23N3O2. The number of carbonyl (C=O) groups is 1. The zero-order valence-electron chi connectivity index (χ0n) is 15.2. The Hall–Kier alpha value is -2.82. The number of furan rings is 1. The normalized spacial score (nSPS) is 14.2. The van der Waals surface area contributed by atoms with Gasteiger partial charge in [0.15, 0.2) is 0 Å². The molecule has 1 aliphatic rings. The second-order valence-corrected chi connectivity index (χ2v) is 6.87. The van der Waals surface area contributed by atoms with E-state index >= 15 is 0 Å². The van der Waals surface area contributed by atoms with E-state index in [-0.39, 0.29) is 5.91 Å². The maximum Gasteiger partial charge on any atom is 0.255 e. The van der Waals surface area contributed by atoms with Crippen LogP contribution in [0.15, 0.2) is 40.8 Å². The lowest BCUT2D eigenvalue weighted by Crippen LogP contribution is -2.28. The van der Waals surface area contributed by atoms with E-state index < -0.39 is 0 Å². The molecule has 1 amide bonds. The Balaban J connectivity index is 1.65. The number of amides is 1. The summed E-state index contributed by atoms with van der Waals surface area (Å²) in [5, 5.41) is 4.01. The minimum Gasteiger partial charge on any atom is -0.466 e. The molecule has 0 spiro atoms. The monoisotopic (exact) mass is 349 g/mol. The zero-order chi connectivity index (χ0) is 18.1. The second-order valence-electron chi connectivity index (χ2n) is 6.87. The molecule has 134 valence electrons. The van der Waals surface area contributed by atoms with Crippen LogP contribution in [0.25, 0.3) is 10.9 Å². The van der Waals surface area contributed by atoms with Crippen molar-refractivity contribution in [3.05, 3.63) is 59.0 Å². The third-order valence-electron chi connectivity index (χ3n) is 4.94. The third-order valence-corrected chi connectivity index (χ3v) is 4.94. The van der Waals surface area contributed by atoms with Gasteiger partial charge in [-0.2, -0.15) is 0 Å². The first-order chi connectivity index (χ1) is 12.6. The molecule has 0 aliphatic carbocycles. The fourth-order valence-corrected chi connectivity index (χ4v) is 3.57. The Morgan fingerprint density at radius 1 is 1.19 bits per heavy atom.